The van der Waals surface area contributed by atoms with Gasteiger partial charge in [-0.3, -0.25) is 4.79 Å². The fraction of sp³-hybridized carbons (Fsp3) is 0.800. The summed E-state index contributed by atoms with van der Waals surface area (Å²) in [5.74, 6) is 0.369. The van der Waals surface area contributed by atoms with Crippen LogP contribution in [0.1, 0.15) is 38.5 Å². The van der Waals surface area contributed by atoms with Crippen molar-refractivity contribution in [1.29, 1.82) is 10.5 Å². The van der Waals surface area contributed by atoms with E-state index in [9.17, 15) is 9.18 Å². The second-order valence-electron chi connectivity index (χ2n) is 5.98. The third kappa shape index (κ3) is 4.15. The van der Waals surface area contributed by atoms with Crippen molar-refractivity contribution in [3.63, 3.8) is 0 Å². The lowest BCUT2D eigenvalue weighted by Gasteiger charge is -2.21. The van der Waals surface area contributed by atoms with E-state index in [4.69, 9.17) is 10.5 Å². The number of carbonyl (C=O) groups excluding carboxylic acids is 1. The number of halogens is 1. The zero-order chi connectivity index (χ0) is 15.2. The van der Waals surface area contributed by atoms with Gasteiger partial charge in [0.15, 0.2) is 0 Å². The first-order chi connectivity index (χ1) is 10.1. The third-order valence-electron chi connectivity index (χ3n) is 4.47. The van der Waals surface area contributed by atoms with E-state index in [1.54, 1.807) is 0 Å². The SMILES string of the molecule is N#CCC[C@H]1CC[C@@H](NCC(=O)N2C[C@@H](F)C[C@H]2C#N)C1. The highest BCUT2D eigenvalue weighted by atomic mass is 19.1. The van der Waals surface area contributed by atoms with Crippen molar-refractivity contribution >= 4 is 5.91 Å². The molecule has 0 bridgehead atoms. The van der Waals surface area contributed by atoms with Gasteiger partial charge in [-0.1, -0.05) is 0 Å². The molecule has 1 saturated heterocycles. The van der Waals surface area contributed by atoms with Gasteiger partial charge < -0.3 is 10.2 Å². The van der Waals surface area contributed by atoms with Gasteiger partial charge >= 0.3 is 0 Å². The number of nitriles is 2. The lowest BCUT2D eigenvalue weighted by Crippen LogP contribution is -2.43. The van der Waals surface area contributed by atoms with E-state index in [2.05, 4.69) is 11.4 Å². The molecule has 114 valence electrons. The topological polar surface area (TPSA) is 79.9 Å². The van der Waals surface area contributed by atoms with E-state index in [1.165, 1.54) is 4.90 Å². The lowest BCUT2D eigenvalue weighted by atomic mass is 10.0. The first-order valence-corrected chi connectivity index (χ1v) is 7.57. The maximum atomic E-state index is 13.3. The summed E-state index contributed by atoms with van der Waals surface area (Å²) in [6, 6.07) is 3.82. The molecule has 1 saturated carbocycles. The largest absolute Gasteiger partial charge is 0.323 e. The van der Waals surface area contributed by atoms with Crippen LogP contribution >= 0.6 is 0 Å². The Balaban J connectivity index is 1.73. The Morgan fingerprint density at radius 2 is 2.14 bits per heavy atom. The van der Waals surface area contributed by atoms with E-state index in [-0.39, 0.29) is 25.4 Å². The number of amides is 1. The third-order valence-corrected chi connectivity index (χ3v) is 4.47. The molecule has 2 rings (SSSR count). The molecule has 6 heteroatoms. The minimum Gasteiger partial charge on any atom is -0.323 e. The number of carbonyl (C=O) groups is 1. The molecule has 0 radical (unpaired) electrons. The van der Waals surface area contributed by atoms with Gasteiger partial charge in [0, 0.05) is 18.9 Å². The Morgan fingerprint density at radius 1 is 1.33 bits per heavy atom. The summed E-state index contributed by atoms with van der Waals surface area (Å²) in [6.45, 7) is 0.203. The number of nitrogens with zero attached hydrogens (tertiary/aromatic N) is 3. The van der Waals surface area contributed by atoms with Crippen LogP contribution in [0.2, 0.25) is 0 Å². The first-order valence-electron chi connectivity index (χ1n) is 7.57. The second-order valence-corrected chi connectivity index (χ2v) is 5.98. The maximum absolute atomic E-state index is 13.3. The average molecular weight is 292 g/mol. The smallest absolute Gasteiger partial charge is 0.237 e. The summed E-state index contributed by atoms with van der Waals surface area (Å²) in [7, 11) is 0. The normalized spacial score (nSPS) is 31.9. The Morgan fingerprint density at radius 3 is 2.86 bits per heavy atom. The molecule has 4 atom stereocenters. The molecule has 0 aromatic heterocycles. The summed E-state index contributed by atoms with van der Waals surface area (Å²) in [4.78, 5) is 13.4. The molecule has 1 amide bonds. The van der Waals surface area contributed by atoms with Crippen molar-refractivity contribution in [2.75, 3.05) is 13.1 Å². The Kier molecular flexibility index (Phi) is 5.52. The molecular formula is C15H21FN4O. The molecule has 1 aliphatic carbocycles. The number of nitrogens with one attached hydrogen (secondary N) is 1. The average Bonchev–Trinajstić information content (AvgIpc) is 3.08. The van der Waals surface area contributed by atoms with E-state index in [0.717, 1.165) is 25.7 Å². The molecule has 2 aliphatic rings. The monoisotopic (exact) mass is 292 g/mol. The van der Waals surface area contributed by atoms with Crippen molar-refractivity contribution in [2.24, 2.45) is 5.92 Å². The van der Waals surface area contributed by atoms with E-state index >= 15 is 0 Å². The highest BCUT2D eigenvalue weighted by molar-refractivity contribution is 5.79. The summed E-state index contributed by atoms with van der Waals surface area (Å²) in [5.41, 5.74) is 0. The van der Waals surface area contributed by atoms with Crippen LogP contribution in [0, 0.1) is 28.6 Å². The zero-order valence-corrected chi connectivity index (χ0v) is 12.1. The van der Waals surface area contributed by atoms with Crippen LogP contribution in [0.15, 0.2) is 0 Å². The molecule has 0 unspecified atom stereocenters. The maximum Gasteiger partial charge on any atom is 0.237 e. The fourth-order valence-electron chi connectivity index (χ4n) is 3.31. The number of alkyl halides is 1. The van der Waals surface area contributed by atoms with Gasteiger partial charge in [-0.15, -0.1) is 0 Å². The van der Waals surface area contributed by atoms with Gasteiger partial charge in [0.1, 0.15) is 12.2 Å². The molecule has 1 N–H and O–H groups in total. The van der Waals surface area contributed by atoms with Crippen LogP contribution in [0.5, 0.6) is 0 Å². The molecule has 1 aliphatic heterocycles. The summed E-state index contributed by atoms with van der Waals surface area (Å²) < 4.78 is 13.3. The van der Waals surface area contributed by atoms with Crippen LogP contribution in [0.3, 0.4) is 0 Å². The highest BCUT2D eigenvalue weighted by Gasteiger charge is 2.35. The van der Waals surface area contributed by atoms with Crippen molar-refractivity contribution < 1.29 is 9.18 Å². The predicted molar refractivity (Wildman–Crippen MR) is 74.6 cm³/mol. The van der Waals surface area contributed by atoms with Gasteiger partial charge in [-0.2, -0.15) is 10.5 Å². The molecule has 21 heavy (non-hydrogen) atoms. The van der Waals surface area contributed by atoms with Gasteiger partial charge in [-0.25, -0.2) is 4.39 Å². The van der Waals surface area contributed by atoms with Gasteiger partial charge in [0.25, 0.3) is 0 Å². The van der Waals surface area contributed by atoms with Gasteiger partial charge in [0.2, 0.25) is 5.91 Å². The van der Waals surface area contributed by atoms with Crippen molar-refractivity contribution in [3.8, 4) is 12.1 Å². The summed E-state index contributed by atoms with van der Waals surface area (Å²) in [6.07, 6.45) is 3.65. The Labute approximate surface area is 124 Å². The Bertz CT molecular complexity index is 456. The van der Waals surface area contributed by atoms with Crippen molar-refractivity contribution in [1.82, 2.24) is 10.2 Å². The van der Waals surface area contributed by atoms with E-state index in [0.29, 0.717) is 18.4 Å². The summed E-state index contributed by atoms with van der Waals surface area (Å²) in [5, 5.41) is 20.7. The van der Waals surface area contributed by atoms with Crippen LogP contribution in [-0.4, -0.2) is 42.2 Å². The number of hydrogen-bond acceptors (Lipinski definition) is 4. The molecule has 5 nitrogen and oxygen atoms in total. The zero-order valence-electron chi connectivity index (χ0n) is 12.1. The van der Waals surface area contributed by atoms with E-state index in [1.807, 2.05) is 6.07 Å². The minimum absolute atomic E-state index is 0.0359. The fourth-order valence-corrected chi connectivity index (χ4v) is 3.31. The van der Waals surface area contributed by atoms with Crippen molar-refractivity contribution in [3.05, 3.63) is 0 Å². The van der Waals surface area contributed by atoms with Crippen LogP contribution in [-0.2, 0) is 4.79 Å². The molecule has 1 heterocycles. The first kappa shape index (κ1) is 15.7. The quantitative estimate of drug-likeness (QED) is 0.833. The highest BCUT2D eigenvalue weighted by Crippen LogP contribution is 2.29. The van der Waals surface area contributed by atoms with Crippen molar-refractivity contribution in [2.45, 2.75) is 56.8 Å². The van der Waals surface area contributed by atoms with Crippen LogP contribution in [0.25, 0.3) is 0 Å². The molecule has 0 spiro atoms. The summed E-state index contributed by atoms with van der Waals surface area (Å²) >= 11 is 0. The second kappa shape index (κ2) is 7.38. The standard InChI is InChI=1S/C15H21FN4O/c16-12-7-14(8-18)20(10-12)15(21)9-19-13-4-3-11(6-13)2-1-5-17/h11-14,19H,1-4,6-7,9-10H2/t11-,12-,13+,14-/m0/s1. The number of hydrogen-bond donors (Lipinski definition) is 1. The predicted octanol–water partition coefficient (Wildman–Crippen LogP) is 1.51. The molecule has 0 aromatic rings. The lowest BCUT2D eigenvalue weighted by molar-refractivity contribution is -0.130. The number of likely N-dealkylation sites (tertiary alicyclic amines) is 1. The Hall–Kier alpha value is -1.66. The molecular weight excluding hydrogens is 271 g/mol. The molecule has 2 fully saturated rings. The number of rotatable bonds is 5. The van der Waals surface area contributed by atoms with Gasteiger partial charge in [0.05, 0.1) is 25.2 Å². The van der Waals surface area contributed by atoms with Gasteiger partial charge in [-0.05, 0) is 31.6 Å². The molecule has 0 aromatic carbocycles. The van der Waals surface area contributed by atoms with Crippen LogP contribution < -0.4 is 5.32 Å². The minimum atomic E-state index is -1.08. The van der Waals surface area contributed by atoms with E-state index < -0.39 is 12.2 Å². The van der Waals surface area contributed by atoms with Crippen LogP contribution in [0.4, 0.5) is 4.39 Å².